The van der Waals surface area contributed by atoms with Crippen molar-refractivity contribution in [3.8, 4) is 5.88 Å². The number of rotatable bonds is 3. The van der Waals surface area contributed by atoms with Crippen LogP contribution in [0.3, 0.4) is 0 Å². The molecule has 1 aromatic heterocycles. The first kappa shape index (κ1) is 13.8. The van der Waals surface area contributed by atoms with Crippen LogP contribution >= 0.6 is 0 Å². The van der Waals surface area contributed by atoms with E-state index in [1.165, 1.54) is 0 Å². The fourth-order valence-electron chi connectivity index (χ4n) is 1.03. The summed E-state index contributed by atoms with van der Waals surface area (Å²) in [7, 11) is 0.321. The Morgan fingerprint density at radius 3 is 2.47 bits per heavy atom. The second-order valence-electron chi connectivity index (χ2n) is 4.63. The van der Waals surface area contributed by atoms with Gasteiger partial charge in [0.25, 0.3) is 0 Å². The topological polar surface area (TPSA) is 51.5 Å². The quantitative estimate of drug-likeness (QED) is 0.778. The maximum absolute atomic E-state index is 11.8. The Bertz CT molecular complexity index is 433. The van der Waals surface area contributed by atoms with Gasteiger partial charge in [-0.05, 0) is 33.8 Å². The highest BCUT2D eigenvalue weighted by Gasteiger charge is 2.19. The Balaban J connectivity index is 2.92. The van der Waals surface area contributed by atoms with Gasteiger partial charge in [0.15, 0.2) is 0 Å². The molecule has 0 spiro atoms. The molecule has 0 saturated heterocycles. The van der Waals surface area contributed by atoms with Crippen LogP contribution in [-0.2, 0) is 11.0 Å². The highest BCUT2D eigenvalue weighted by Crippen LogP contribution is 2.14. The van der Waals surface area contributed by atoms with E-state index in [0.717, 1.165) is 5.56 Å². The molecule has 0 fully saturated rings. The van der Waals surface area contributed by atoms with Crippen molar-refractivity contribution in [3.63, 3.8) is 0 Å². The molecule has 0 aliphatic carbocycles. The predicted molar refractivity (Wildman–Crippen MR) is 70.9 cm³/mol. The standard InChI is InChI=1S/C12H18N2O2S/c1-9(14-17(15)12(2,3)4)10-6-7-11(16-5)13-8-10/h6-8H,1-5H3/t17-/m0/s1. The minimum atomic E-state index is -1.25. The first-order valence-corrected chi connectivity index (χ1v) is 6.43. The zero-order valence-corrected chi connectivity index (χ0v) is 11.7. The van der Waals surface area contributed by atoms with Crippen molar-refractivity contribution in [2.45, 2.75) is 32.4 Å². The van der Waals surface area contributed by atoms with E-state index < -0.39 is 11.0 Å². The SMILES string of the molecule is COc1ccc(C(C)=N[S@@](=O)C(C)(C)C)cn1. The molecule has 17 heavy (non-hydrogen) atoms. The van der Waals surface area contributed by atoms with E-state index in [0.29, 0.717) is 11.6 Å². The molecule has 0 N–H and O–H groups in total. The minimum absolute atomic E-state index is 0.346. The first-order valence-electron chi connectivity index (χ1n) is 5.32. The van der Waals surface area contributed by atoms with E-state index in [1.807, 2.05) is 33.8 Å². The number of methoxy groups -OCH3 is 1. The van der Waals surface area contributed by atoms with Gasteiger partial charge in [0.1, 0.15) is 11.0 Å². The van der Waals surface area contributed by atoms with Gasteiger partial charge in [-0.3, -0.25) is 0 Å². The molecule has 0 aromatic carbocycles. The van der Waals surface area contributed by atoms with Crippen molar-refractivity contribution >= 4 is 16.7 Å². The highest BCUT2D eigenvalue weighted by molar-refractivity contribution is 7.85. The molecule has 5 heteroatoms. The van der Waals surface area contributed by atoms with Crippen LogP contribution < -0.4 is 4.74 Å². The van der Waals surface area contributed by atoms with Gasteiger partial charge in [-0.2, -0.15) is 4.40 Å². The van der Waals surface area contributed by atoms with E-state index in [1.54, 1.807) is 19.4 Å². The third-order valence-corrected chi connectivity index (χ3v) is 3.59. The van der Waals surface area contributed by atoms with Gasteiger partial charge in [-0.25, -0.2) is 9.19 Å². The lowest BCUT2D eigenvalue weighted by molar-refractivity contribution is 0.398. The van der Waals surface area contributed by atoms with Crippen LogP contribution in [0.4, 0.5) is 0 Å². The molecule has 0 aliphatic heterocycles. The summed E-state index contributed by atoms with van der Waals surface area (Å²) in [5.74, 6) is 0.554. The van der Waals surface area contributed by atoms with E-state index in [4.69, 9.17) is 4.74 Å². The van der Waals surface area contributed by atoms with Gasteiger partial charge >= 0.3 is 0 Å². The van der Waals surface area contributed by atoms with Crippen LogP contribution in [0, 0.1) is 0 Å². The summed E-state index contributed by atoms with van der Waals surface area (Å²) in [5, 5.41) is 0. The van der Waals surface area contributed by atoms with E-state index in [9.17, 15) is 4.21 Å². The summed E-state index contributed by atoms with van der Waals surface area (Å²) in [6, 6.07) is 3.61. The second kappa shape index (κ2) is 5.40. The Kier molecular flexibility index (Phi) is 4.40. The number of nitrogens with zero attached hydrogens (tertiary/aromatic N) is 2. The fourth-order valence-corrected chi connectivity index (χ4v) is 1.66. The summed E-state index contributed by atoms with van der Waals surface area (Å²) in [4.78, 5) is 4.09. The van der Waals surface area contributed by atoms with Gasteiger partial charge in [0.05, 0.1) is 17.6 Å². The average molecular weight is 254 g/mol. The lowest BCUT2D eigenvalue weighted by Gasteiger charge is -2.14. The largest absolute Gasteiger partial charge is 0.481 e. The average Bonchev–Trinajstić information content (AvgIpc) is 2.27. The number of hydrogen-bond acceptors (Lipinski definition) is 3. The molecule has 0 unspecified atom stereocenters. The van der Waals surface area contributed by atoms with Gasteiger partial charge in [-0.15, -0.1) is 0 Å². The lowest BCUT2D eigenvalue weighted by atomic mass is 10.2. The summed E-state index contributed by atoms with van der Waals surface area (Å²) >= 11 is 0. The molecule has 0 saturated carbocycles. The van der Waals surface area contributed by atoms with Crippen LogP contribution in [0.5, 0.6) is 5.88 Å². The number of pyridine rings is 1. The van der Waals surface area contributed by atoms with Crippen molar-refractivity contribution in [1.82, 2.24) is 4.98 Å². The zero-order chi connectivity index (χ0) is 13.1. The second-order valence-corrected chi connectivity index (χ2v) is 6.53. The van der Waals surface area contributed by atoms with Gasteiger partial charge in [0, 0.05) is 17.8 Å². The third kappa shape index (κ3) is 3.93. The fraction of sp³-hybridized carbons (Fsp3) is 0.500. The molecule has 0 bridgehead atoms. The van der Waals surface area contributed by atoms with E-state index >= 15 is 0 Å². The first-order chi connectivity index (χ1) is 7.84. The molecule has 1 atom stereocenters. The van der Waals surface area contributed by atoms with Crippen LogP contribution in [0.25, 0.3) is 0 Å². The summed E-state index contributed by atoms with van der Waals surface area (Å²) in [6.45, 7) is 7.51. The lowest BCUT2D eigenvalue weighted by Crippen LogP contribution is -2.20. The normalized spacial score (nSPS) is 14.5. The molecule has 1 aromatic rings. The third-order valence-electron chi connectivity index (χ3n) is 2.11. The molecular formula is C12H18N2O2S. The molecule has 4 nitrogen and oxygen atoms in total. The Morgan fingerprint density at radius 1 is 1.41 bits per heavy atom. The highest BCUT2D eigenvalue weighted by atomic mass is 32.2. The summed E-state index contributed by atoms with van der Waals surface area (Å²) in [5.41, 5.74) is 1.57. The molecular weight excluding hydrogens is 236 g/mol. The van der Waals surface area contributed by atoms with Crippen molar-refractivity contribution in [2.75, 3.05) is 7.11 Å². The van der Waals surface area contributed by atoms with Crippen LogP contribution in [0.2, 0.25) is 0 Å². The number of aromatic nitrogens is 1. The summed E-state index contributed by atoms with van der Waals surface area (Å²) in [6.07, 6.45) is 1.66. The zero-order valence-electron chi connectivity index (χ0n) is 10.9. The van der Waals surface area contributed by atoms with Crippen LogP contribution in [-0.4, -0.2) is 26.8 Å². The molecule has 1 rings (SSSR count). The number of ether oxygens (including phenoxy) is 1. The minimum Gasteiger partial charge on any atom is -0.481 e. The molecule has 0 amide bonds. The number of hydrogen-bond donors (Lipinski definition) is 0. The Labute approximate surface area is 105 Å². The van der Waals surface area contributed by atoms with Crippen LogP contribution in [0.15, 0.2) is 22.7 Å². The predicted octanol–water partition coefficient (Wildman–Crippen LogP) is 2.36. The molecule has 94 valence electrons. The smallest absolute Gasteiger partial charge is 0.212 e. The molecule has 1 heterocycles. The molecule has 0 aliphatic rings. The van der Waals surface area contributed by atoms with Crippen molar-refractivity contribution in [3.05, 3.63) is 23.9 Å². The van der Waals surface area contributed by atoms with Crippen LogP contribution in [0.1, 0.15) is 33.3 Å². The Hall–Kier alpha value is -1.23. The molecule has 0 radical (unpaired) electrons. The maximum atomic E-state index is 11.8. The van der Waals surface area contributed by atoms with E-state index in [-0.39, 0.29) is 4.75 Å². The monoisotopic (exact) mass is 254 g/mol. The van der Waals surface area contributed by atoms with Crippen molar-refractivity contribution in [1.29, 1.82) is 0 Å². The van der Waals surface area contributed by atoms with Crippen molar-refractivity contribution < 1.29 is 8.95 Å². The maximum Gasteiger partial charge on any atom is 0.212 e. The Morgan fingerprint density at radius 2 is 2.06 bits per heavy atom. The summed E-state index contributed by atoms with van der Waals surface area (Å²) < 4.78 is 20.7. The van der Waals surface area contributed by atoms with E-state index in [2.05, 4.69) is 9.38 Å². The van der Waals surface area contributed by atoms with Gasteiger partial charge in [-0.1, -0.05) is 0 Å². The van der Waals surface area contributed by atoms with Gasteiger partial charge in [0.2, 0.25) is 5.88 Å². The van der Waals surface area contributed by atoms with Crippen molar-refractivity contribution in [2.24, 2.45) is 4.40 Å². The van der Waals surface area contributed by atoms with Gasteiger partial charge < -0.3 is 4.74 Å².